The van der Waals surface area contributed by atoms with E-state index in [1.165, 1.54) is 12.1 Å². The minimum Gasteiger partial charge on any atom is -0.322 e. The summed E-state index contributed by atoms with van der Waals surface area (Å²) in [7, 11) is 0. The summed E-state index contributed by atoms with van der Waals surface area (Å²) in [5, 5.41) is 3.62. The van der Waals surface area contributed by atoms with Crippen LogP contribution in [-0.2, 0) is 6.42 Å². The van der Waals surface area contributed by atoms with Gasteiger partial charge in [-0.25, -0.2) is 9.18 Å². The number of halogens is 2. The fraction of sp³-hybridized carbons (Fsp3) is 0.350. The van der Waals surface area contributed by atoms with Crippen LogP contribution >= 0.6 is 11.6 Å². The van der Waals surface area contributed by atoms with Crippen molar-refractivity contribution in [3.8, 4) is 0 Å². The van der Waals surface area contributed by atoms with E-state index in [-0.39, 0.29) is 11.8 Å². The second-order valence-corrected chi connectivity index (χ2v) is 7.03. The van der Waals surface area contributed by atoms with Gasteiger partial charge in [-0.3, -0.25) is 4.90 Å². The van der Waals surface area contributed by atoms with Crippen LogP contribution in [0.15, 0.2) is 42.5 Å². The Kier molecular flexibility index (Phi) is 6.12. The molecule has 0 unspecified atom stereocenters. The Hall–Kier alpha value is -2.11. The maximum Gasteiger partial charge on any atom is 0.321 e. The average molecular weight is 376 g/mol. The summed E-state index contributed by atoms with van der Waals surface area (Å²) in [6.07, 6.45) is 0.885. The van der Waals surface area contributed by atoms with Crippen molar-refractivity contribution in [1.82, 2.24) is 9.80 Å². The Morgan fingerprint density at radius 3 is 2.46 bits per heavy atom. The van der Waals surface area contributed by atoms with Gasteiger partial charge in [0, 0.05) is 43.4 Å². The normalized spacial score (nSPS) is 15.1. The molecule has 26 heavy (non-hydrogen) atoms. The van der Waals surface area contributed by atoms with Crippen molar-refractivity contribution in [2.75, 3.05) is 38.0 Å². The standard InChI is InChI=1S/C20H23ClFN3O/c1-15-14-17(21)4-7-19(15)23-20(26)25-12-10-24(11-13-25)9-8-16-2-5-18(22)6-3-16/h2-7,14H,8-13H2,1H3,(H,23,26). The van der Waals surface area contributed by atoms with E-state index in [0.29, 0.717) is 18.1 Å². The van der Waals surface area contributed by atoms with Crippen LogP contribution in [0.25, 0.3) is 0 Å². The second-order valence-electron chi connectivity index (χ2n) is 6.59. The zero-order chi connectivity index (χ0) is 18.5. The molecule has 0 aromatic heterocycles. The van der Waals surface area contributed by atoms with Crippen LogP contribution in [0.1, 0.15) is 11.1 Å². The van der Waals surface area contributed by atoms with Crippen molar-refractivity contribution < 1.29 is 9.18 Å². The van der Waals surface area contributed by atoms with Gasteiger partial charge in [-0.2, -0.15) is 0 Å². The van der Waals surface area contributed by atoms with E-state index in [0.717, 1.165) is 42.9 Å². The van der Waals surface area contributed by atoms with E-state index in [2.05, 4.69) is 10.2 Å². The predicted octanol–water partition coefficient (Wildman–Crippen LogP) is 4.18. The van der Waals surface area contributed by atoms with E-state index in [1.807, 2.05) is 36.1 Å². The number of rotatable bonds is 4. The lowest BCUT2D eigenvalue weighted by atomic mass is 10.1. The Morgan fingerprint density at radius 1 is 1.12 bits per heavy atom. The van der Waals surface area contributed by atoms with E-state index in [9.17, 15) is 9.18 Å². The van der Waals surface area contributed by atoms with Gasteiger partial charge in [-0.05, 0) is 54.8 Å². The molecule has 1 heterocycles. The van der Waals surface area contributed by atoms with Crippen LogP contribution in [-0.4, -0.2) is 48.6 Å². The molecule has 1 N–H and O–H groups in total. The summed E-state index contributed by atoms with van der Waals surface area (Å²) in [5.74, 6) is -0.204. The molecule has 2 aromatic carbocycles. The summed E-state index contributed by atoms with van der Waals surface area (Å²) in [5.41, 5.74) is 2.87. The number of piperazine rings is 1. The minimum absolute atomic E-state index is 0.0754. The number of amides is 2. The van der Waals surface area contributed by atoms with Gasteiger partial charge >= 0.3 is 6.03 Å². The summed E-state index contributed by atoms with van der Waals surface area (Å²) >= 11 is 5.95. The molecular formula is C20H23ClFN3O. The Balaban J connectivity index is 1.45. The first-order valence-corrected chi connectivity index (χ1v) is 9.18. The van der Waals surface area contributed by atoms with Gasteiger partial charge < -0.3 is 10.2 Å². The highest BCUT2D eigenvalue weighted by molar-refractivity contribution is 6.30. The van der Waals surface area contributed by atoms with Crippen molar-refractivity contribution in [2.24, 2.45) is 0 Å². The van der Waals surface area contributed by atoms with Crippen LogP contribution in [0, 0.1) is 12.7 Å². The fourth-order valence-corrected chi connectivity index (χ4v) is 3.30. The van der Waals surface area contributed by atoms with E-state index in [1.54, 1.807) is 6.07 Å². The molecule has 3 rings (SSSR count). The van der Waals surface area contributed by atoms with Crippen molar-refractivity contribution in [2.45, 2.75) is 13.3 Å². The zero-order valence-corrected chi connectivity index (χ0v) is 15.6. The number of urea groups is 1. The molecule has 0 spiro atoms. The van der Waals surface area contributed by atoms with Gasteiger partial charge in [0.25, 0.3) is 0 Å². The molecular weight excluding hydrogens is 353 g/mol. The van der Waals surface area contributed by atoms with Gasteiger partial charge in [0.05, 0.1) is 0 Å². The van der Waals surface area contributed by atoms with Crippen LogP contribution < -0.4 is 5.32 Å². The van der Waals surface area contributed by atoms with Gasteiger partial charge in [0.2, 0.25) is 0 Å². The number of hydrogen-bond donors (Lipinski definition) is 1. The summed E-state index contributed by atoms with van der Waals surface area (Å²) in [6, 6.07) is 12.0. The maximum atomic E-state index is 12.9. The van der Waals surface area contributed by atoms with Crippen LogP contribution in [0.3, 0.4) is 0 Å². The van der Waals surface area contributed by atoms with Crippen LogP contribution in [0.5, 0.6) is 0 Å². The molecule has 0 bridgehead atoms. The highest BCUT2D eigenvalue weighted by Gasteiger charge is 2.21. The second kappa shape index (κ2) is 8.52. The number of benzene rings is 2. The molecule has 2 aromatic rings. The number of carbonyl (C=O) groups excluding carboxylic acids is 1. The number of aryl methyl sites for hydroxylation is 1. The zero-order valence-electron chi connectivity index (χ0n) is 14.8. The number of anilines is 1. The number of nitrogens with one attached hydrogen (secondary N) is 1. The number of hydrogen-bond acceptors (Lipinski definition) is 2. The highest BCUT2D eigenvalue weighted by Crippen LogP contribution is 2.20. The molecule has 4 nitrogen and oxygen atoms in total. The van der Waals surface area contributed by atoms with E-state index < -0.39 is 0 Å². The number of carbonyl (C=O) groups is 1. The van der Waals surface area contributed by atoms with E-state index >= 15 is 0 Å². The molecule has 6 heteroatoms. The smallest absolute Gasteiger partial charge is 0.321 e. The molecule has 1 aliphatic heterocycles. The summed E-state index contributed by atoms with van der Waals surface area (Å²) in [4.78, 5) is 16.6. The van der Waals surface area contributed by atoms with Crippen LogP contribution in [0.2, 0.25) is 5.02 Å². The molecule has 2 amide bonds. The lowest BCUT2D eigenvalue weighted by Crippen LogP contribution is -2.50. The lowest BCUT2D eigenvalue weighted by Gasteiger charge is -2.34. The maximum absolute atomic E-state index is 12.9. The molecule has 1 aliphatic rings. The Labute approximate surface area is 158 Å². The highest BCUT2D eigenvalue weighted by atomic mass is 35.5. The molecule has 0 radical (unpaired) electrons. The van der Waals surface area contributed by atoms with Crippen molar-refractivity contribution in [3.05, 3.63) is 64.4 Å². The van der Waals surface area contributed by atoms with Gasteiger partial charge in [-0.1, -0.05) is 23.7 Å². The first-order chi connectivity index (χ1) is 12.5. The largest absolute Gasteiger partial charge is 0.322 e. The van der Waals surface area contributed by atoms with E-state index in [4.69, 9.17) is 11.6 Å². The fourth-order valence-electron chi connectivity index (χ4n) is 3.07. The average Bonchev–Trinajstić information content (AvgIpc) is 2.64. The van der Waals surface area contributed by atoms with Gasteiger partial charge in [-0.15, -0.1) is 0 Å². The first-order valence-electron chi connectivity index (χ1n) is 8.80. The molecule has 138 valence electrons. The quantitative estimate of drug-likeness (QED) is 0.870. The molecule has 1 saturated heterocycles. The topological polar surface area (TPSA) is 35.6 Å². The predicted molar refractivity (Wildman–Crippen MR) is 103 cm³/mol. The SMILES string of the molecule is Cc1cc(Cl)ccc1NC(=O)N1CCN(CCc2ccc(F)cc2)CC1. The third kappa shape index (κ3) is 4.96. The van der Waals surface area contributed by atoms with Crippen molar-refractivity contribution in [1.29, 1.82) is 0 Å². The third-order valence-electron chi connectivity index (χ3n) is 4.72. The Bertz CT molecular complexity index is 758. The minimum atomic E-state index is -0.204. The Morgan fingerprint density at radius 2 is 1.81 bits per heavy atom. The van der Waals surface area contributed by atoms with Gasteiger partial charge in [0.1, 0.15) is 5.82 Å². The first kappa shape index (κ1) is 18.7. The molecule has 0 saturated carbocycles. The van der Waals surface area contributed by atoms with Crippen LogP contribution in [0.4, 0.5) is 14.9 Å². The molecule has 0 atom stereocenters. The summed E-state index contributed by atoms with van der Waals surface area (Å²) < 4.78 is 12.9. The number of nitrogens with zero attached hydrogens (tertiary/aromatic N) is 2. The summed E-state index contributed by atoms with van der Waals surface area (Å²) in [6.45, 7) is 5.92. The third-order valence-corrected chi connectivity index (χ3v) is 4.95. The van der Waals surface area contributed by atoms with Gasteiger partial charge in [0.15, 0.2) is 0 Å². The van der Waals surface area contributed by atoms with Crippen molar-refractivity contribution >= 4 is 23.3 Å². The monoisotopic (exact) mass is 375 g/mol. The molecule has 0 aliphatic carbocycles. The molecule has 1 fully saturated rings. The van der Waals surface area contributed by atoms with Crippen molar-refractivity contribution in [3.63, 3.8) is 0 Å². The lowest BCUT2D eigenvalue weighted by molar-refractivity contribution is 0.148.